The van der Waals surface area contributed by atoms with E-state index in [9.17, 15) is 4.79 Å². The lowest BCUT2D eigenvalue weighted by molar-refractivity contribution is -0.135. The van der Waals surface area contributed by atoms with Gasteiger partial charge in [0.2, 0.25) is 5.91 Å². The quantitative estimate of drug-likeness (QED) is 0.891. The van der Waals surface area contributed by atoms with Crippen LogP contribution in [-0.2, 0) is 4.79 Å². The third-order valence-corrected chi connectivity index (χ3v) is 4.43. The third kappa shape index (κ3) is 4.43. The van der Waals surface area contributed by atoms with Crippen LogP contribution in [0, 0.1) is 5.92 Å². The van der Waals surface area contributed by atoms with Gasteiger partial charge in [-0.15, -0.1) is 24.8 Å². The molecule has 0 radical (unpaired) electrons. The van der Waals surface area contributed by atoms with E-state index in [4.69, 9.17) is 4.74 Å². The zero-order chi connectivity index (χ0) is 14.7. The number of piperazine rings is 1. The Balaban J connectivity index is 0.00000132. The second-order valence-corrected chi connectivity index (χ2v) is 5.67. The first-order chi connectivity index (χ1) is 10.3. The van der Waals surface area contributed by atoms with Crippen LogP contribution in [0.15, 0.2) is 24.3 Å². The number of ether oxygens (including phenoxy) is 1. The minimum atomic E-state index is 0. The van der Waals surface area contributed by atoms with E-state index in [2.05, 4.69) is 16.3 Å². The van der Waals surface area contributed by atoms with E-state index in [0.29, 0.717) is 5.91 Å². The molecule has 1 unspecified atom stereocenters. The first-order valence-electron chi connectivity index (χ1n) is 7.67. The van der Waals surface area contributed by atoms with Gasteiger partial charge in [-0.1, -0.05) is 12.1 Å². The number of methoxy groups -OCH3 is 1. The largest absolute Gasteiger partial charge is 0.495 e. The lowest BCUT2D eigenvalue weighted by Gasteiger charge is -2.37. The van der Waals surface area contributed by atoms with Gasteiger partial charge in [0.25, 0.3) is 0 Å². The summed E-state index contributed by atoms with van der Waals surface area (Å²) < 4.78 is 5.42. The standard InChI is InChI=1S/C16H23N3O2.2ClH/c1-21-15-5-3-2-4-14(15)18-8-10-19(11-9-18)16(20)13-6-7-17-12-13;;/h2-5,13,17H,6-12H2,1H3;2*1H. The van der Waals surface area contributed by atoms with Crippen molar-refractivity contribution in [2.75, 3.05) is 51.3 Å². The molecular formula is C16H25Cl2N3O2. The van der Waals surface area contributed by atoms with Crippen LogP contribution < -0.4 is 15.0 Å². The van der Waals surface area contributed by atoms with Crippen LogP contribution >= 0.6 is 24.8 Å². The molecule has 0 spiro atoms. The zero-order valence-electron chi connectivity index (χ0n) is 13.4. The highest BCUT2D eigenvalue weighted by atomic mass is 35.5. The van der Waals surface area contributed by atoms with Crippen molar-refractivity contribution in [3.05, 3.63) is 24.3 Å². The smallest absolute Gasteiger partial charge is 0.227 e. The number of carbonyl (C=O) groups is 1. The highest BCUT2D eigenvalue weighted by Gasteiger charge is 2.29. The van der Waals surface area contributed by atoms with Gasteiger partial charge in [-0.25, -0.2) is 0 Å². The van der Waals surface area contributed by atoms with Gasteiger partial charge in [0.05, 0.1) is 18.7 Å². The number of hydrogen-bond acceptors (Lipinski definition) is 4. The number of benzene rings is 1. The molecule has 2 fully saturated rings. The molecule has 7 heteroatoms. The molecular weight excluding hydrogens is 337 g/mol. The molecule has 2 aliphatic heterocycles. The number of hydrogen-bond donors (Lipinski definition) is 1. The molecule has 1 atom stereocenters. The van der Waals surface area contributed by atoms with Crippen molar-refractivity contribution in [1.29, 1.82) is 0 Å². The van der Waals surface area contributed by atoms with Gasteiger partial charge in [0, 0.05) is 32.7 Å². The Labute approximate surface area is 150 Å². The molecule has 23 heavy (non-hydrogen) atoms. The number of rotatable bonds is 3. The lowest BCUT2D eigenvalue weighted by Crippen LogP contribution is -2.50. The Bertz CT molecular complexity index is 502. The molecule has 3 rings (SSSR count). The van der Waals surface area contributed by atoms with Crippen molar-refractivity contribution in [2.45, 2.75) is 6.42 Å². The highest BCUT2D eigenvalue weighted by molar-refractivity contribution is 5.85. The summed E-state index contributed by atoms with van der Waals surface area (Å²) >= 11 is 0. The monoisotopic (exact) mass is 361 g/mol. The fourth-order valence-electron chi connectivity index (χ4n) is 3.18. The number of nitrogens with zero attached hydrogens (tertiary/aromatic N) is 2. The molecule has 1 aromatic rings. The van der Waals surface area contributed by atoms with Crippen molar-refractivity contribution >= 4 is 36.4 Å². The second kappa shape index (κ2) is 9.21. The molecule has 130 valence electrons. The second-order valence-electron chi connectivity index (χ2n) is 5.67. The Morgan fingerprint density at radius 3 is 2.48 bits per heavy atom. The van der Waals surface area contributed by atoms with E-state index in [-0.39, 0.29) is 30.7 Å². The molecule has 1 aromatic carbocycles. The van der Waals surface area contributed by atoms with E-state index in [0.717, 1.165) is 57.1 Å². The Morgan fingerprint density at radius 2 is 1.87 bits per heavy atom. The number of amides is 1. The zero-order valence-corrected chi connectivity index (χ0v) is 15.0. The molecule has 2 heterocycles. The van der Waals surface area contributed by atoms with E-state index < -0.39 is 0 Å². The summed E-state index contributed by atoms with van der Waals surface area (Å²) in [5.74, 6) is 1.40. The van der Waals surface area contributed by atoms with Gasteiger partial charge in [-0.3, -0.25) is 4.79 Å². The summed E-state index contributed by atoms with van der Waals surface area (Å²) in [6, 6.07) is 8.07. The van der Waals surface area contributed by atoms with Crippen LogP contribution in [0.5, 0.6) is 5.75 Å². The molecule has 1 N–H and O–H groups in total. The Kier molecular flexibility index (Phi) is 7.95. The van der Waals surface area contributed by atoms with Crippen molar-refractivity contribution in [3.63, 3.8) is 0 Å². The summed E-state index contributed by atoms with van der Waals surface area (Å²) in [4.78, 5) is 16.7. The molecule has 0 bridgehead atoms. The number of para-hydroxylation sites is 2. The lowest BCUT2D eigenvalue weighted by atomic mass is 10.1. The van der Waals surface area contributed by atoms with Gasteiger partial charge >= 0.3 is 0 Å². The van der Waals surface area contributed by atoms with E-state index in [1.165, 1.54) is 0 Å². The van der Waals surface area contributed by atoms with Gasteiger partial charge in [-0.2, -0.15) is 0 Å². The van der Waals surface area contributed by atoms with Crippen LogP contribution in [0.1, 0.15) is 6.42 Å². The third-order valence-electron chi connectivity index (χ3n) is 4.43. The molecule has 0 saturated carbocycles. The van der Waals surface area contributed by atoms with E-state index in [1.807, 2.05) is 23.1 Å². The molecule has 2 saturated heterocycles. The topological polar surface area (TPSA) is 44.8 Å². The fraction of sp³-hybridized carbons (Fsp3) is 0.562. The van der Waals surface area contributed by atoms with Crippen molar-refractivity contribution < 1.29 is 9.53 Å². The summed E-state index contributed by atoms with van der Waals surface area (Å²) in [7, 11) is 1.70. The normalized spacial score (nSPS) is 20.5. The van der Waals surface area contributed by atoms with Gasteiger partial charge < -0.3 is 19.9 Å². The molecule has 5 nitrogen and oxygen atoms in total. The first kappa shape index (κ1) is 19.9. The minimum Gasteiger partial charge on any atom is -0.495 e. The number of halogens is 2. The maximum absolute atomic E-state index is 12.4. The van der Waals surface area contributed by atoms with Gasteiger partial charge in [0.1, 0.15) is 5.75 Å². The summed E-state index contributed by atoms with van der Waals surface area (Å²) in [6.45, 7) is 5.14. The molecule has 0 aliphatic carbocycles. The molecule has 0 aromatic heterocycles. The van der Waals surface area contributed by atoms with Crippen LogP contribution in [0.2, 0.25) is 0 Å². The summed E-state index contributed by atoms with van der Waals surface area (Å²) in [5.41, 5.74) is 1.12. The number of carbonyl (C=O) groups excluding carboxylic acids is 1. The van der Waals surface area contributed by atoms with Gasteiger partial charge in [0.15, 0.2) is 0 Å². The average Bonchev–Trinajstić information content (AvgIpc) is 3.09. The number of nitrogens with one attached hydrogen (secondary N) is 1. The minimum absolute atomic E-state index is 0. The van der Waals surface area contributed by atoms with Gasteiger partial charge in [-0.05, 0) is 25.1 Å². The summed E-state index contributed by atoms with van der Waals surface area (Å²) in [6.07, 6.45) is 0.978. The Hall–Kier alpha value is -1.17. The van der Waals surface area contributed by atoms with Crippen molar-refractivity contribution in [2.24, 2.45) is 5.92 Å². The van der Waals surface area contributed by atoms with Crippen LogP contribution in [-0.4, -0.2) is 57.2 Å². The van der Waals surface area contributed by atoms with Crippen molar-refractivity contribution in [3.8, 4) is 5.75 Å². The maximum atomic E-state index is 12.4. The molecule has 1 amide bonds. The number of anilines is 1. The molecule has 2 aliphatic rings. The van der Waals surface area contributed by atoms with E-state index >= 15 is 0 Å². The SMILES string of the molecule is COc1ccccc1N1CCN(C(=O)C2CCNC2)CC1.Cl.Cl. The highest BCUT2D eigenvalue weighted by Crippen LogP contribution is 2.28. The summed E-state index contributed by atoms with van der Waals surface area (Å²) in [5, 5.41) is 3.27. The van der Waals surface area contributed by atoms with Crippen LogP contribution in [0.25, 0.3) is 0 Å². The Morgan fingerprint density at radius 1 is 1.17 bits per heavy atom. The van der Waals surface area contributed by atoms with Crippen LogP contribution in [0.3, 0.4) is 0 Å². The average molecular weight is 362 g/mol. The first-order valence-corrected chi connectivity index (χ1v) is 7.67. The predicted molar refractivity (Wildman–Crippen MR) is 97.3 cm³/mol. The maximum Gasteiger partial charge on any atom is 0.227 e. The fourth-order valence-corrected chi connectivity index (χ4v) is 3.18. The van der Waals surface area contributed by atoms with E-state index in [1.54, 1.807) is 7.11 Å². The van der Waals surface area contributed by atoms with Crippen molar-refractivity contribution in [1.82, 2.24) is 10.2 Å². The van der Waals surface area contributed by atoms with Crippen LogP contribution in [0.4, 0.5) is 5.69 Å². The predicted octanol–water partition coefficient (Wildman–Crippen LogP) is 1.80.